The third-order valence-corrected chi connectivity index (χ3v) is 4.58. The van der Waals surface area contributed by atoms with Crippen molar-refractivity contribution in [1.82, 2.24) is 4.90 Å². The van der Waals surface area contributed by atoms with E-state index in [4.69, 9.17) is 10.5 Å². The number of likely N-dealkylation sites (tertiary alicyclic amines) is 1. The minimum Gasteiger partial charge on any atom is -0.496 e. The van der Waals surface area contributed by atoms with Crippen LogP contribution in [0, 0.1) is 0 Å². The van der Waals surface area contributed by atoms with Crippen molar-refractivity contribution in [3.8, 4) is 5.75 Å². The summed E-state index contributed by atoms with van der Waals surface area (Å²) >= 11 is 0. The van der Waals surface area contributed by atoms with Gasteiger partial charge in [-0.3, -0.25) is 4.90 Å². The Morgan fingerprint density at radius 2 is 2.14 bits per heavy atom. The minimum atomic E-state index is 0.0356. The molecule has 1 heterocycles. The van der Waals surface area contributed by atoms with Gasteiger partial charge >= 0.3 is 0 Å². The summed E-state index contributed by atoms with van der Waals surface area (Å²) in [7, 11) is 1.70. The molecular weight excluding hydrogens is 264 g/mol. The number of ether oxygens (including phenoxy) is 1. The van der Waals surface area contributed by atoms with Gasteiger partial charge in [-0.2, -0.15) is 0 Å². The van der Waals surface area contributed by atoms with Gasteiger partial charge in [0.1, 0.15) is 5.75 Å². The fourth-order valence-corrected chi connectivity index (χ4v) is 3.37. The number of methoxy groups -OCH3 is 1. The highest BCUT2D eigenvalue weighted by Gasteiger charge is 2.33. The summed E-state index contributed by atoms with van der Waals surface area (Å²) in [5.41, 5.74) is 7.58. The largest absolute Gasteiger partial charge is 0.496 e. The van der Waals surface area contributed by atoms with Crippen molar-refractivity contribution < 1.29 is 9.84 Å². The standard InChI is InChI=1S/C17H28N2O2/c1-3-15(18)17(14-9-4-5-10-16(14)21-2)19-11-7-6-8-13(19)12-20/h4-5,9-10,13,15,17,20H,3,6-8,11-12,18H2,1-2H3. The number of aliphatic hydroxyl groups excluding tert-OH is 1. The van der Waals surface area contributed by atoms with Crippen LogP contribution in [0.4, 0.5) is 0 Å². The molecular formula is C17H28N2O2. The predicted molar refractivity (Wildman–Crippen MR) is 85.4 cm³/mol. The number of piperidine rings is 1. The molecule has 3 N–H and O–H groups in total. The van der Waals surface area contributed by atoms with Crippen LogP contribution in [0.5, 0.6) is 5.75 Å². The summed E-state index contributed by atoms with van der Waals surface area (Å²) in [5.74, 6) is 0.883. The number of para-hydroxylation sites is 1. The SMILES string of the molecule is CCC(N)C(c1ccccc1OC)N1CCCCC1CO. The molecule has 1 fully saturated rings. The number of rotatable bonds is 6. The fraction of sp³-hybridized carbons (Fsp3) is 0.647. The van der Waals surface area contributed by atoms with Gasteiger partial charge in [-0.15, -0.1) is 0 Å². The average Bonchev–Trinajstić information content (AvgIpc) is 2.55. The van der Waals surface area contributed by atoms with Gasteiger partial charge in [-0.1, -0.05) is 31.5 Å². The summed E-state index contributed by atoms with van der Waals surface area (Å²) < 4.78 is 5.54. The van der Waals surface area contributed by atoms with Crippen LogP contribution in [0.3, 0.4) is 0 Å². The molecule has 4 nitrogen and oxygen atoms in total. The van der Waals surface area contributed by atoms with Gasteiger partial charge in [0.15, 0.2) is 0 Å². The quantitative estimate of drug-likeness (QED) is 0.845. The van der Waals surface area contributed by atoms with Gasteiger partial charge in [0, 0.05) is 17.6 Å². The second-order valence-corrected chi connectivity index (χ2v) is 5.83. The Labute approximate surface area is 127 Å². The topological polar surface area (TPSA) is 58.7 Å². The van der Waals surface area contributed by atoms with Gasteiger partial charge in [0.2, 0.25) is 0 Å². The van der Waals surface area contributed by atoms with E-state index in [0.717, 1.165) is 30.7 Å². The maximum absolute atomic E-state index is 9.72. The lowest BCUT2D eigenvalue weighted by Crippen LogP contribution is -2.49. The smallest absolute Gasteiger partial charge is 0.123 e. The normalized spacial score (nSPS) is 22.8. The Morgan fingerprint density at radius 3 is 2.81 bits per heavy atom. The van der Waals surface area contributed by atoms with Gasteiger partial charge in [0.25, 0.3) is 0 Å². The number of aliphatic hydroxyl groups is 1. The molecule has 0 spiro atoms. The highest BCUT2D eigenvalue weighted by Crippen LogP contribution is 2.35. The zero-order valence-corrected chi connectivity index (χ0v) is 13.2. The number of benzene rings is 1. The molecule has 0 saturated carbocycles. The van der Waals surface area contributed by atoms with Gasteiger partial charge < -0.3 is 15.6 Å². The van der Waals surface area contributed by atoms with E-state index in [9.17, 15) is 5.11 Å². The molecule has 1 aromatic rings. The van der Waals surface area contributed by atoms with Crippen molar-refractivity contribution in [3.63, 3.8) is 0 Å². The van der Waals surface area contributed by atoms with Crippen LogP contribution in [0.25, 0.3) is 0 Å². The third kappa shape index (κ3) is 3.57. The van der Waals surface area contributed by atoms with E-state index in [1.54, 1.807) is 7.11 Å². The van der Waals surface area contributed by atoms with E-state index < -0.39 is 0 Å². The van der Waals surface area contributed by atoms with Crippen molar-refractivity contribution in [2.75, 3.05) is 20.3 Å². The zero-order chi connectivity index (χ0) is 15.2. The molecule has 0 amide bonds. The van der Waals surface area contributed by atoms with Crippen LogP contribution in [0.15, 0.2) is 24.3 Å². The maximum atomic E-state index is 9.72. The Morgan fingerprint density at radius 1 is 1.38 bits per heavy atom. The Kier molecular flexibility index (Phi) is 6.03. The predicted octanol–water partition coefficient (Wildman–Crippen LogP) is 2.32. The molecule has 0 bridgehead atoms. The minimum absolute atomic E-state index is 0.0356. The lowest BCUT2D eigenvalue weighted by molar-refractivity contribution is 0.0407. The highest BCUT2D eigenvalue weighted by molar-refractivity contribution is 5.37. The van der Waals surface area contributed by atoms with Gasteiger partial charge in [-0.25, -0.2) is 0 Å². The molecule has 21 heavy (non-hydrogen) atoms. The van der Waals surface area contributed by atoms with Gasteiger partial charge in [0.05, 0.1) is 19.8 Å². The lowest BCUT2D eigenvalue weighted by atomic mass is 9.91. The van der Waals surface area contributed by atoms with Crippen LogP contribution in [-0.4, -0.2) is 42.4 Å². The first kappa shape index (κ1) is 16.3. The molecule has 118 valence electrons. The monoisotopic (exact) mass is 292 g/mol. The summed E-state index contributed by atoms with van der Waals surface area (Å²) in [4.78, 5) is 2.38. The molecule has 4 heteroatoms. The van der Waals surface area contributed by atoms with Crippen LogP contribution in [0.1, 0.15) is 44.2 Å². The second kappa shape index (κ2) is 7.78. The number of nitrogens with two attached hydrogens (primary N) is 1. The summed E-state index contributed by atoms with van der Waals surface area (Å²) in [6.45, 7) is 3.30. The van der Waals surface area contributed by atoms with E-state index in [2.05, 4.69) is 17.9 Å². The van der Waals surface area contributed by atoms with Gasteiger partial charge in [-0.05, 0) is 31.9 Å². The maximum Gasteiger partial charge on any atom is 0.123 e. The van der Waals surface area contributed by atoms with E-state index in [-0.39, 0.29) is 24.7 Å². The molecule has 3 unspecified atom stereocenters. The van der Waals surface area contributed by atoms with Crippen LogP contribution >= 0.6 is 0 Å². The summed E-state index contributed by atoms with van der Waals surface area (Å²) in [6.07, 6.45) is 4.29. The molecule has 1 aliphatic rings. The molecule has 0 aliphatic carbocycles. The second-order valence-electron chi connectivity index (χ2n) is 5.83. The highest BCUT2D eigenvalue weighted by atomic mass is 16.5. The average molecular weight is 292 g/mol. The third-order valence-electron chi connectivity index (χ3n) is 4.58. The number of hydrogen-bond donors (Lipinski definition) is 2. The van der Waals surface area contributed by atoms with Crippen LogP contribution in [-0.2, 0) is 0 Å². The molecule has 1 saturated heterocycles. The van der Waals surface area contributed by atoms with Crippen molar-refractivity contribution in [2.24, 2.45) is 5.73 Å². The van der Waals surface area contributed by atoms with Crippen LogP contribution in [0.2, 0.25) is 0 Å². The van der Waals surface area contributed by atoms with E-state index >= 15 is 0 Å². The lowest BCUT2D eigenvalue weighted by Gasteiger charge is -2.43. The van der Waals surface area contributed by atoms with E-state index in [1.165, 1.54) is 12.8 Å². The van der Waals surface area contributed by atoms with Crippen molar-refractivity contribution in [2.45, 2.75) is 50.7 Å². The van der Waals surface area contributed by atoms with E-state index in [0.29, 0.717) is 0 Å². The molecule has 3 atom stereocenters. The molecule has 2 rings (SSSR count). The first-order chi connectivity index (χ1) is 10.2. The van der Waals surface area contributed by atoms with Crippen molar-refractivity contribution in [3.05, 3.63) is 29.8 Å². The zero-order valence-electron chi connectivity index (χ0n) is 13.2. The Hall–Kier alpha value is -1.10. The molecule has 0 radical (unpaired) electrons. The summed E-state index contributed by atoms with van der Waals surface area (Å²) in [6, 6.07) is 8.44. The van der Waals surface area contributed by atoms with Crippen LogP contribution < -0.4 is 10.5 Å². The fourth-order valence-electron chi connectivity index (χ4n) is 3.37. The first-order valence-electron chi connectivity index (χ1n) is 7.98. The van der Waals surface area contributed by atoms with Crippen molar-refractivity contribution >= 4 is 0 Å². The number of nitrogens with zero attached hydrogens (tertiary/aromatic N) is 1. The molecule has 1 aliphatic heterocycles. The first-order valence-corrected chi connectivity index (χ1v) is 7.98. The summed E-state index contributed by atoms with van der Waals surface area (Å²) in [5, 5.41) is 9.72. The van der Waals surface area contributed by atoms with E-state index in [1.807, 2.05) is 18.2 Å². The Balaban J connectivity index is 2.37. The number of hydrogen-bond acceptors (Lipinski definition) is 4. The molecule has 1 aromatic carbocycles. The Bertz CT molecular complexity index is 439. The van der Waals surface area contributed by atoms with Crippen molar-refractivity contribution in [1.29, 1.82) is 0 Å². The molecule has 0 aromatic heterocycles.